The summed E-state index contributed by atoms with van der Waals surface area (Å²) in [6.07, 6.45) is 0. The second-order valence-corrected chi connectivity index (χ2v) is 2.77. The van der Waals surface area contributed by atoms with Gasteiger partial charge >= 0.3 is 22.4 Å². The van der Waals surface area contributed by atoms with Crippen LogP contribution in [0.4, 0.5) is 0 Å². The third-order valence-electron chi connectivity index (χ3n) is 0.0500. The predicted octanol–water partition coefficient (Wildman–Crippen LogP) is -0.471. The summed E-state index contributed by atoms with van der Waals surface area (Å²) in [6.45, 7) is 0. The molecule has 1 atom stereocenters. The van der Waals surface area contributed by atoms with Crippen molar-refractivity contribution in [1.82, 2.24) is 6.15 Å². The van der Waals surface area contributed by atoms with E-state index in [4.69, 9.17) is 23.8 Å². The van der Waals surface area contributed by atoms with Crippen LogP contribution in [0.3, 0.4) is 0 Å². The fourth-order valence-corrected chi connectivity index (χ4v) is 0. The number of rotatable bonds is 0. The van der Waals surface area contributed by atoms with Crippen LogP contribution in [0.25, 0.3) is 0 Å². The molecule has 1 unspecified atom stereocenters. The van der Waals surface area contributed by atoms with E-state index < -0.39 is 9.05 Å². The molecule has 0 aromatic carbocycles. The van der Waals surface area contributed by atoms with Crippen LogP contribution in [-0.2, 0) is 42.6 Å². The molecule has 0 aromatic heterocycles. The van der Waals surface area contributed by atoms with E-state index in [1.165, 1.54) is 12.1 Å². The molecule has 0 fully saturated rings. The third kappa shape index (κ3) is 673. The molecule has 68 valence electrons. The van der Waals surface area contributed by atoms with Gasteiger partial charge in [0.05, 0.1) is 9.05 Å². The molecule has 0 aliphatic carbocycles. The van der Waals surface area contributed by atoms with Crippen LogP contribution in [0.1, 0.15) is 0 Å². The Labute approximate surface area is 84.6 Å². The average molecular weight is 290 g/mol. The van der Waals surface area contributed by atoms with E-state index in [2.05, 4.69) is 11.2 Å². The van der Waals surface area contributed by atoms with Crippen molar-refractivity contribution in [1.29, 1.82) is 10.5 Å². The number of hydrogen-bond acceptors (Lipinski definition) is 6. The first-order valence-corrected chi connectivity index (χ1v) is 3.74. The van der Waals surface area contributed by atoms with Gasteiger partial charge in [-0.1, -0.05) is 0 Å². The summed E-state index contributed by atoms with van der Waals surface area (Å²) in [6, 6.07) is 2.47. The molecule has 0 amide bonds. The van der Waals surface area contributed by atoms with E-state index in [9.17, 15) is 0 Å². The van der Waals surface area contributed by atoms with Crippen LogP contribution in [-0.4, -0.2) is 13.3 Å². The number of nitriles is 2. The SMILES string of the molecule is N.N#CC#N.O=S([O-])(O)=S.[Ag+]. The Bertz CT molecular complexity index is 216. The standard InChI is InChI=1S/C2N2.Ag.H3N.H2O3S2/c3-1-2-4;;;1-5(2,3)4/h;;1H3;(H2,1,2,3,4)/q;+1;;/p-1. The van der Waals surface area contributed by atoms with Gasteiger partial charge in [0, 0.05) is 0 Å². The first-order chi connectivity index (χ1) is 3.91. The van der Waals surface area contributed by atoms with E-state index in [1.54, 1.807) is 0 Å². The number of nitrogens with zero attached hydrogens (tertiary/aromatic N) is 2. The van der Waals surface area contributed by atoms with Gasteiger partial charge in [0.1, 0.15) is 0 Å². The fraction of sp³-hybridized carbons (Fsp3) is 0. The van der Waals surface area contributed by atoms with Crippen LogP contribution in [0.15, 0.2) is 0 Å². The molecule has 0 spiro atoms. The van der Waals surface area contributed by atoms with Gasteiger partial charge in [-0.2, -0.15) is 10.5 Å². The maximum absolute atomic E-state index is 9.00. The summed E-state index contributed by atoms with van der Waals surface area (Å²) in [5.74, 6) is 0. The van der Waals surface area contributed by atoms with E-state index in [0.29, 0.717) is 0 Å². The van der Waals surface area contributed by atoms with Crippen LogP contribution in [0.2, 0.25) is 0 Å². The van der Waals surface area contributed by atoms with Gasteiger partial charge in [0.2, 0.25) is 0 Å². The normalized spacial score (nSPS) is 10.5. The Kier molecular flexibility index (Phi) is 25.8. The molecule has 0 bridgehead atoms. The van der Waals surface area contributed by atoms with Crippen molar-refractivity contribution in [2.45, 2.75) is 0 Å². The van der Waals surface area contributed by atoms with Crippen molar-refractivity contribution in [3.05, 3.63) is 0 Å². The molecule has 0 saturated heterocycles. The topological polar surface area (TPSA) is 143 Å². The third-order valence-corrected chi connectivity index (χ3v) is 0.0500. The summed E-state index contributed by atoms with van der Waals surface area (Å²) in [5, 5.41) is 14.5. The number of hydrogen-bond donors (Lipinski definition) is 2. The largest absolute Gasteiger partial charge is 1.00 e. The van der Waals surface area contributed by atoms with Crippen LogP contribution < -0.4 is 6.15 Å². The molecule has 0 heterocycles. The maximum atomic E-state index is 9.00. The van der Waals surface area contributed by atoms with E-state index >= 15 is 0 Å². The van der Waals surface area contributed by atoms with Gasteiger partial charge in [-0.15, -0.1) is 0 Å². The predicted molar refractivity (Wildman–Crippen MR) is 35.2 cm³/mol. The van der Waals surface area contributed by atoms with Crippen molar-refractivity contribution < 1.29 is 35.7 Å². The average Bonchev–Trinajstić information content (AvgIpc) is 1.61. The molecule has 0 saturated carbocycles. The molecule has 0 aromatic rings. The van der Waals surface area contributed by atoms with Crippen molar-refractivity contribution in [2.75, 3.05) is 0 Å². The van der Waals surface area contributed by atoms with Gasteiger partial charge in [0.25, 0.3) is 0 Å². The van der Waals surface area contributed by atoms with E-state index in [1.807, 2.05) is 0 Å². The Balaban J connectivity index is -0.0000000383. The van der Waals surface area contributed by atoms with Gasteiger partial charge in [-0.05, 0) is 11.2 Å². The van der Waals surface area contributed by atoms with Gasteiger partial charge in [-0.25, -0.2) is 4.21 Å². The molecule has 9 heteroatoms. The minimum atomic E-state index is -4.08. The first-order valence-electron chi connectivity index (χ1n) is 1.38. The minimum absolute atomic E-state index is 0. The van der Waals surface area contributed by atoms with Crippen LogP contribution >= 0.6 is 0 Å². The summed E-state index contributed by atoms with van der Waals surface area (Å²) >= 11 is 3.35. The molecule has 6 nitrogen and oxygen atoms in total. The van der Waals surface area contributed by atoms with Gasteiger partial charge in [0.15, 0.2) is 12.1 Å². The smallest absolute Gasteiger partial charge is 0.748 e. The monoisotopic (exact) mass is 289 g/mol. The molecule has 4 N–H and O–H groups in total. The fourth-order valence-electron chi connectivity index (χ4n) is 0. The first kappa shape index (κ1) is 22.4. The van der Waals surface area contributed by atoms with Gasteiger partial charge < -0.3 is 15.3 Å². The summed E-state index contributed by atoms with van der Waals surface area (Å²) in [5.41, 5.74) is 0. The van der Waals surface area contributed by atoms with Crippen LogP contribution in [0, 0.1) is 22.7 Å². The summed E-state index contributed by atoms with van der Waals surface area (Å²) in [7, 11) is -4.08. The molecular weight excluding hydrogens is 286 g/mol. The van der Waals surface area contributed by atoms with Gasteiger partial charge in [-0.3, -0.25) is 0 Å². The van der Waals surface area contributed by atoms with Crippen molar-refractivity contribution in [2.24, 2.45) is 0 Å². The molecule has 0 aliphatic heterocycles. The Morgan fingerprint density at radius 1 is 1.45 bits per heavy atom. The second-order valence-electron chi connectivity index (χ2n) is 0.651. The van der Waals surface area contributed by atoms with Crippen molar-refractivity contribution >= 4 is 20.2 Å². The minimum Gasteiger partial charge on any atom is -0.748 e. The molecule has 11 heavy (non-hydrogen) atoms. The Hall–Kier alpha value is -0.0297. The maximum Gasteiger partial charge on any atom is 1.00 e. The zero-order valence-electron chi connectivity index (χ0n) is 4.98. The summed E-state index contributed by atoms with van der Waals surface area (Å²) < 4.78 is 25.3. The molecule has 0 radical (unpaired) electrons. The Morgan fingerprint density at radius 2 is 1.55 bits per heavy atom. The Morgan fingerprint density at radius 3 is 1.55 bits per heavy atom. The summed E-state index contributed by atoms with van der Waals surface area (Å²) in [4.78, 5) is 0. The zero-order valence-corrected chi connectivity index (χ0v) is 8.10. The zero-order chi connectivity index (χ0) is 7.91. The quantitative estimate of drug-likeness (QED) is 0.574. The van der Waals surface area contributed by atoms with E-state index in [-0.39, 0.29) is 28.5 Å². The second kappa shape index (κ2) is 12.6. The van der Waals surface area contributed by atoms with Crippen molar-refractivity contribution in [3.8, 4) is 12.1 Å². The molecule has 0 rings (SSSR count). The van der Waals surface area contributed by atoms with Crippen LogP contribution in [0.5, 0.6) is 0 Å². The molecule has 0 aliphatic rings. The van der Waals surface area contributed by atoms with E-state index in [0.717, 1.165) is 0 Å². The van der Waals surface area contributed by atoms with Crippen molar-refractivity contribution in [3.63, 3.8) is 0 Å². The molecular formula is C2H4AgN3O3S2.